The van der Waals surface area contributed by atoms with Gasteiger partial charge in [0, 0.05) is 11.3 Å². The predicted molar refractivity (Wildman–Crippen MR) is 51.0 cm³/mol. The minimum Gasteiger partial charge on any atom is -0.299 e. The summed E-state index contributed by atoms with van der Waals surface area (Å²) in [6, 6.07) is 0. The Hall–Kier alpha value is -0.330. The van der Waals surface area contributed by atoms with Crippen molar-refractivity contribution in [1.82, 2.24) is 0 Å². The highest BCUT2D eigenvalue weighted by Gasteiger charge is 2.44. The van der Waals surface area contributed by atoms with Gasteiger partial charge in [0.2, 0.25) is 0 Å². The van der Waals surface area contributed by atoms with E-state index in [2.05, 4.69) is 34.6 Å². The van der Waals surface area contributed by atoms with E-state index in [1.54, 1.807) is 0 Å². The number of carbonyl (C=O) groups is 1. The first kappa shape index (κ1) is 9.76. The van der Waals surface area contributed by atoms with Crippen molar-refractivity contribution in [2.45, 2.75) is 47.5 Å². The molecule has 12 heavy (non-hydrogen) atoms. The number of ketones is 1. The summed E-state index contributed by atoms with van der Waals surface area (Å²) in [7, 11) is 0. The second kappa shape index (κ2) is 2.58. The van der Waals surface area contributed by atoms with Crippen LogP contribution in [0.25, 0.3) is 0 Å². The molecule has 1 unspecified atom stereocenters. The zero-order valence-electron chi connectivity index (χ0n) is 8.90. The third kappa shape index (κ3) is 1.41. The number of carbonyl (C=O) groups excluding carboxylic acids is 1. The SMILES string of the molecule is CC1C(=O)C(C)(C)CCC1(C)C. The molecule has 0 N–H and O–H groups in total. The van der Waals surface area contributed by atoms with Crippen molar-refractivity contribution in [3.8, 4) is 0 Å². The third-order valence-corrected chi connectivity index (χ3v) is 3.63. The van der Waals surface area contributed by atoms with Gasteiger partial charge in [-0.2, -0.15) is 0 Å². The van der Waals surface area contributed by atoms with Crippen LogP contribution in [0.15, 0.2) is 0 Å². The van der Waals surface area contributed by atoms with Crippen LogP contribution < -0.4 is 0 Å². The van der Waals surface area contributed by atoms with Crippen LogP contribution in [0.2, 0.25) is 0 Å². The minimum absolute atomic E-state index is 0.0745. The standard InChI is InChI=1S/C11H20O/c1-8-9(12)11(4,5)7-6-10(8,2)3/h8H,6-7H2,1-5H3. The molecular weight excluding hydrogens is 148 g/mol. The molecular formula is C11H20O. The lowest BCUT2D eigenvalue weighted by Crippen LogP contribution is -2.43. The van der Waals surface area contributed by atoms with Crippen molar-refractivity contribution < 1.29 is 4.79 Å². The molecule has 0 aromatic carbocycles. The molecule has 1 aliphatic carbocycles. The molecule has 0 radical (unpaired) electrons. The average molecular weight is 168 g/mol. The molecule has 0 aromatic heterocycles. The lowest BCUT2D eigenvalue weighted by molar-refractivity contribution is -0.139. The van der Waals surface area contributed by atoms with Gasteiger partial charge in [-0.25, -0.2) is 0 Å². The monoisotopic (exact) mass is 168 g/mol. The molecule has 1 heteroatoms. The van der Waals surface area contributed by atoms with Crippen molar-refractivity contribution >= 4 is 5.78 Å². The van der Waals surface area contributed by atoms with E-state index in [4.69, 9.17) is 0 Å². The molecule has 0 aliphatic heterocycles. The molecule has 1 aliphatic rings. The van der Waals surface area contributed by atoms with Gasteiger partial charge in [0.25, 0.3) is 0 Å². The van der Waals surface area contributed by atoms with Crippen molar-refractivity contribution in [1.29, 1.82) is 0 Å². The van der Waals surface area contributed by atoms with E-state index in [0.717, 1.165) is 6.42 Å². The van der Waals surface area contributed by atoms with E-state index in [1.807, 2.05) is 0 Å². The van der Waals surface area contributed by atoms with Crippen LogP contribution in [0, 0.1) is 16.7 Å². The lowest BCUT2D eigenvalue weighted by Gasteiger charge is -2.42. The second-order valence-corrected chi connectivity index (χ2v) is 5.46. The summed E-state index contributed by atoms with van der Waals surface area (Å²) >= 11 is 0. The molecule has 0 aromatic rings. The largest absolute Gasteiger partial charge is 0.299 e. The van der Waals surface area contributed by atoms with E-state index in [-0.39, 0.29) is 16.7 Å². The maximum absolute atomic E-state index is 11.9. The van der Waals surface area contributed by atoms with Crippen LogP contribution in [0.3, 0.4) is 0 Å². The number of rotatable bonds is 0. The summed E-state index contributed by atoms with van der Waals surface area (Å²) in [5.74, 6) is 0.667. The second-order valence-electron chi connectivity index (χ2n) is 5.46. The van der Waals surface area contributed by atoms with Gasteiger partial charge in [0.05, 0.1) is 0 Å². The molecule has 1 saturated carbocycles. The fraction of sp³-hybridized carbons (Fsp3) is 0.909. The Kier molecular flexibility index (Phi) is 2.10. The lowest BCUT2D eigenvalue weighted by atomic mass is 9.60. The van der Waals surface area contributed by atoms with Crippen molar-refractivity contribution in [3.63, 3.8) is 0 Å². The number of Topliss-reactive ketones (excluding diaryl/α,β-unsaturated/α-hetero) is 1. The smallest absolute Gasteiger partial charge is 0.141 e. The minimum atomic E-state index is -0.0745. The van der Waals surface area contributed by atoms with Crippen LogP contribution in [0.4, 0.5) is 0 Å². The number of hydrogen-bond donors (Lipinski definition) is 0. The summed E-state index contributed by atoms with van der Waals surface area (Å²) < 4.78 is 0. The molecule has 0 spiro atoms. The van der Waals surface area contributed by atoms with Crippen LogP contribution in [0.1, 0.15) is 47.5 Å². The summed E-state index contributed by atoms with van der Waals surface area (Å²) in [6.45, 7) is 10.6. The highest BCUT2D eigenvalue weighted by Crippen LogP contribution is 2.45. The average Bonchev–Trinajstić information content (AvgIpc) is 1.96. The molecule has 0 saturated heterocycles. The van der Waals surface area contributed by atoms with Crippen molar-refractivity contribution in [2.75, 3.05) is 0 Å². The zero-order chi connectivity index (χ0) is 9.57. The van der Waals surface area contributed by atoms with Gasteiger partial charge in [0.15, 0.2) is 0 Å². The molecule has 1 nitrogen and oxygen atoms in total. The first-order valence-electron chi connectivity index (χ1n) is 4.82. The Balaban J connectivity index is 2.88. The van der Waals surface area contributed by atoms with Crippen LogP contribution in [0.5, 0.6) is 0 Å². The van der Waals surface area contributed by atoms with Gasteiger partial charge in [-0.3, -0.25) is 4.79 Å². The molecule has 1 atom stereocenters. The maximum Gasteiger partial charge on any atom is 0.141 e. The summed E-state index contributed by atoms with van der Waals surface area (Å²) in [5, 5.41) is 0. The van der Waals surface area contributed by atoms with Crippen LogP contribution >= 0.6 is 0 Å². The van der Waals surface area contributed by atoms with Gasteiger partial charge < -0.3 is 0 Å². The van der Waals surface area contributed by atoms with E-state index >= 15 is 0 Å². The molecule has 0 bridgehead atoms. The summed E-state index contributed by atoms with van der Waals surface area (Å²) in [5.41, 5.74) is 0.140. The Morgan fingerprint density at radius 2 is 1.67 bits per heavy atom. The Labute approximate surface area is 75.5 Å². The molecule has 70 valence electrons. The fourth-order valence-corrected chi connectivity index (χ4v) is 1.92. The Morgan fingerprint density at radius 1 is 1.17 bits per heavy atom. The van der Waals surface area contributed by atoms with E-state index in [9.17, 15) is 4.79 Å². The first-order chi connectivity index (χ1) is 5.27. The Morgan fingerprint density at radius 3 is 2.08 bits per heavy atom. The quantitative estimate of drug-likeness (QED) is 0.543. The topological polar surface area (TPSA) is 17.1 Å². The normalized spacial score (nSPS) is 33.4. The van der Waals surface area contributed by atoms with Crippen LogP contribution in [-0.2, 0) is 4.79 Å². The van der Waals surface area contributed by atoms with E-state index in [0.29, 0.717) is 5.78 Å². The van der Waals surface area contributed by atoms with Crippen molar-refractivity contribution in [2.24, 2.45) is 16.7 Å². The maximum atomic E-state index is 11.9. The number of hydrogen-bond acceptors (Lipinski definition) is 1. The van der Waals surface area contributed by atoms with Gasteiger partial charge in [-0.1, -0.05) is 34.6 Å². The van der Waals surface area contributed by atoms with Gasteiger partial charge in [0.1, 0.15) is 5.78 Å². The molecule has 0 heterocycles. The Bertz CT molecular complexity index is 201. The van der Waals surface area contributed by atoms with Gasteiger partial charge in [-0.05, 0) is 18.3 Å². The zero-order valence-corrected chi connectivity index (χ0v) is 8.90. The van der Waals surface area contributed by atoms with Gasteiger partial charge in [-0.15, -0.1) is 0 Å². The van der Waals surface area contributed by atoms with E-state index in [1.165, 1.54) is 6.42 Å². The predicted octanol–water partition coefficient (Wildman–Crippen LogP) is 3.04. The highest BCUT2D eigenvalue weighted by molar-refractivity contribution is 5.87. The molecule has 1 rings (SSSR count). The summed E-state index contributed by atoms with van der Waals surface area (Å²) in [6.07, 6.45) is 2.22. The van der Waals surface area contributed by atoms with Gasteiger partial charge >= 0.3 is 0 Å². The fourth-order valence-electron chi connectivity index (χ4n) is 1.92. The van der Waals surface area contributed by atoms with E-state index < -0.39 is 0 Å². The van der Waals surface area contributed by atoms with Crippen LogP contribution in [-0.4, -0.2) is 5.78 Å². The first-order valence-corrected chi connectivity index (χ1v) is 4.82. The molecule has 1 fully saturated rings. The highest BCUT2D eigenvalue weighted by atomic mass is 16.1. The molecule has 0 amide bonds. The summed E-state index contributed by atoms with van der Waals surface area (Å²) in [4.78, 5) is 11.9. The van der Waals surface area contributed by atoms with Crippen molar-refractivity contribution in [3.05, 3.63) is 0 Å². The third-order valence-electron chi connectivity index (χ3n) is 3.63.